The van der Waals surface area contributed by atoms with Crippen LogP contribution in [0.1, 0.15) is 6.42 Å². The van der Waals surface area contributed by atoms with Crippen LogP contribution < -0.4 is 0 Å². The smallest absolute Gasteiger partial charge is 0.337 e. The van der Waals surface area contributed by atoms with Gasteiger partial charge in [-0.25, -0.2) is 9.59 Å². The van der Waals surface area contributed by atoms with Crippen LogP contribution in [-0.2, 0) is 19.2 Å². The van der Waals surface area contributed by atoms with E-state index in [0.29, 0.717) is 15.0 Å². The van der Waals surface area contributed by atoms with Crippen molar-refractivity contribution in [1.82, 2.24) is 4.90 Å². The Bertz CT molecular complexity index is 839. The van der Waals surface area contributed by atoms with Crippen molar-refractivity contribution >= 4 is 55.7 Å². The molecule has 138 valence electrons. The summed E-state index contributed by atoms with van der Waals surface area (Å²) in [6.07, 6.45) is 2.65. The molecule has 0 aliphatic carbocycles. The number of hydrogen-bond acceptors (Lipinski definition) is 5. The second kappa shape index (κ2) is 7.46. The summed E-state index contributed by atoms with van der Waals surface area (Å²) in [6.45, 7) is 0. The summed E-state index contributed by atoms with van der Waals surface area (Å²) < 4.78 is 0.769. The van der Waals surface area contributed by atoms with Crippen LogP contribution in [0.15, 0.2) is 44.2 Å². The van der Waals surface area contributed by atoms with Gasteiger partial charge in [-0.2, -0.15) is 0 Å². The largest absolute Gasteiger partial charge is 0.481 e. The molecule has 0 amide bonds. The van der Waals surface area contributed by atoms with Crippen molar-refractivity contribution in [3.63, 3.8) is 0 Å². The SMILES string of the molecule is O=C(O)/C=C1\C(C(=O)O)=C(CC(=O)O)N2C=C(Br)C=C(Br)[C@H]2[C@H]1C(=O)O. The van der Waals surface area contributed by atoms with E-state index in [0.717, 1.165) is 0 Å². The fourth-order valence-electron chi connectivity index (χ4n) is 2.92. The maximum absolute atomic E-state index is 11.9. The van der Waals surface area contributed by atoms with Gasteiger partial charge in [-0.15, -0.1) is 0 Å². The van der Waals surface area contributed by atoms with Gasteiger partial charge in [0.2, 0.25) is 0 Å². The summed E-state index contributed by atoms with van der Waals surface area (Å²) in [6, 6.07) is -1.03. The summed E-state index contributed by atoms with van der Waals surface area (Å²) in [4.78, 5) is 47.3. The predicted molar refractivity (Wildman–Crippen MR) is 93.4 cm³/mol. The first-order valence-electron chi connectivity index (χ1n) is 6.93. The van der Waals surface area contributed by atoms with Gasteiger partial charge in [0.25, 0.3) is 0 Å². The van der Waals surface area contributed by atoms with Crippen molar-refractivity contribution < 1.29 is 39.6 Å². The molecule has 0 unspecified atom stereocenters. The molecule has 0 aromatic rings. The Morgan fingerprint density at radius 3 is 2.19 bits per heavy atom. The molecule has 0 saturated heterocycles. The van der Waals surface area contributed by atoms with Gasteiger partial charge < -0.3 is 25.3 Å². The highest BCUT2D eigenvalue weighted by atomic mass is 79.9. The zero-order chi connectivity index (χ0) is 19.8. The zero-order valence-corrected chi connectivity index (χ0v) is 15.9. The topological polar surface area (TPSA) is 152 Å². The molecular weight excluding hydrogens is 482 g/mol. The Hall–Kier alpha value is -2.40. The normalized spacial score (nSPS) is 23.9. The molecule has 0 saturated carbocycles. The summed E-state index contributed by atoms with van der Waals surface area (Å²) in [5.74, 6) is -7.50. The highest BCUT2D eigenvalue weighted by molar-refractivity contribution is 9.12. The minimum absolute atomic E-state index is 0.220. The molecule has 9 nitrogen and oxygen atoms in total. The highest BCUT2D eigenvalue weighted by Crippen LogP contribution is 2.45. The predicted octanol–water partition coefficient (Wildman–Crippen LogP) is 1.72. The third-order valence-electron chi connectivity index (χ3n) is 3.74. The van der Waals surface area contributed by atoms with Gasteiger partial charge in [0, 0.05) is 26.9 Å². The second-order valence-electron chi connectivity index (χ2n) is 5.35. The van der Waals surface area contributed by atoms with Gasteiger partial charge in [-0.1, -0.05) is 15.9 Å². The van der Waals surface area contributed by atoms with Crippen LogP contribution in [-0.4, -0.2) is 55.2 Å². The fourth-order valence-corrected chi connectivity index (χ4v) is 4.43. The van der Waals surface area contributed by atoms with Gasteiger partial charge in [0.05, 0.1) is 18.0 Å². The van der Waals surface area contributed by atoms with Crippen molar-refractivity contribution in [3.8, 4) is 0 Å². The molecule has 0 bridgehead atoms. The number of rotatable bonds is 5. The molecule has 26 heavy (non-hydrogen) atoms. The standard InChI is InChI=1S/C15H11Br2NO8/c16-5-1-7(17)13-12(15(25)26)6(2-9(19)20)11(14(23)24)8(3-10(21)22)18(13)4-5/h1-2,4,12-13H,3H2,(H,19,20)(H,21,22)(H,23,24)(H,25,26)/b6-2+/t12-,13-/m0/s1. The Balaban J connectivity index is 2.89. The Kier molecular flexibility index (Phi) is 5.71. The third kappa shape index (κ3) is 3.73. The van der Waals surface area contributed by atoms with Crippen LogP contribution in [0.2, 0.25) is 0 Å². The first-order valence-corrected chi connectivity index (χ1v) is 8.51. The molecular formula is C15H11Br2NO8. The van der Waals surface area contributed by atoms with E-state index in [4.69, 9.17) is 10.2 Å². The van der Waals surface area contributed by atoms with Crippen molar-refractivity contribution in [1.29, 1.82) is 0 Å². The number of carboxylic acid groups (broad SMARTS) is 4. The lowest BCUT2D eigenvalue weighted by Gasteiger charge is -2.43. The van der Waals surface area contributed by atoms with Crippen molar-refractivity contribution in [2.75, 3.05) is 0 Å². The maximum Gasteiger partial charge on any atom is 0.337 e. The van der Waals surface area contributed by atoms with Gasteiger partial charge in [-0.3, -0.25) is 9.59 Å². The molecule has 2 atom stereocenters. The quantitative estimate of drug-likeness (QED) is 0.420. The molecule has 0 aromatic carbocycles. The summed E-state index contributed by atoms with van der Waals surface area (Å²) in [7, 11) is 0. The van der Waals surface area contributed by atoms with Crippen LogP contribution in [0.3, 0.4) is 0 Å². The molecule has 0 spiro atoms. The lowest BCUT2D eigenvalue weighted by Crippen LogP contribution is -2.48. The van der Waals surface area contributed by atoms with E-state index < -0.39 is 53.4 Å². The fraction of sp³-hybridized carbons (Fsp3) is 0.200. The number of hydrogen-bond donors (Lipinski definition) is 4. The van der Waals surface area contributed by atoms with Gasteiger partial charge >= 0.3 is 23.9 Å². The van der Waals surface area contributed by atoms with Crippen LogP contribution in [0, 0.1) is 5.92 Å². The van der Waals surface area contributed by atoms with E-state index in [1.54, 1.807) is 0 Å². The molecule has 4 N–H and O–H groups in total. The van der Waals surface area contributed by atoms with E-state index in [2.05, 4.69) is 31.9 Å². The Morgan fingerprint density at radius 2 is 1.73 bits per heavy atom. The third-order valence-corrected chi connectivity index (χ3v) is 4.87. The number of carboxylic acids is 4. The number of aliphatic carboxylic acids is 4. The minimum Gasteiger partial charge on any atom is -0.481 e. The number of carbonyl (C=O) groups is 4. The van der Waals surface area contributed by atoms with E-state index in [9.17, 15) is 29.4 Å². The number of nitrogens with zero attached hydrogens (tertiary/aromatic N) is 1. The van der Waals surface area contributed by atoms with E-state index in [-0.39, 0.29) is 5.70 Å². The van der Waals surface area contributed by atoms with E-state index in [1.165, 1.54) is 17.2 Å². The van der Waals surface area contributed by atoms with Gasteiger partial charge in [-0.05, 0) is 27.6 Å². The van der Waals surface area contributed by atoms with Crippen LogP contribution >= 0.6 is 31.9 Å². The first-order chi connectivity index (χ1) is 12.0. The highest BCUT2D eigenvalue weighted by Gasteiger charge is 2.47. The Labute approximate surface area is 162 Å². The van der Waals surface area contributed by atoms with Crippen LogP contribution in [0.25, 0.3) is 0 Å². The average molecular weight is 493 g/mol. The molecule has 2 aliphatic rings. The molecule has 0 aromatic heterocycles. The number of fused-ring (bicyclic) bond motifs is 1. The molecule has 11 heteroatoms. The average Bonchev–Trinajstić information content (AvgIpc) is 2.46. The Morgan fingerprint density at radius 1 is 1.12 bits per heavy atom. The summed E-state index contributed by atoms with van der Waals surface area (Å²) in [5.41, 5.74) is -1.36. The first kappa shape index (κ1) is 19.9. The number of halogens is 2. The summed E-state index contributed by atoms with van der Waals surface area (Å²) >= 11 is 6.41. The molecule has 2 heterocycles. The maximum atomic E-state index is 11.9. The molecule has 0 radical (unpaired) electrons. The lowest BCUT2D eigenvalue weighted by atomic mass is 9.79. The monoisotopic (exact) mass is 491 g/mol. The lowest BCUT2D eigenvalue weighted by molar-refractivity contribution is -0.141. The summed E-state index contributed by atoms with van der Waals surface area (Å²) in [5, 5.41) is 37.4. The van der Waals surface area contributed by atoms with Crippen LogP contribution in [0.4, 0.5) is 0 Å². The molecule has 0 fully saturated rings. The number of allylic oxidation sites excluding steroid dienone is 2. The molecule has 2 aliphatic heterocycles. The van der Waals surface area contributed by atoms with Gasteiger partial charge in [0.1, 0.15) is 5.92 Å². The second-order valence-corrected chi connectivity index (χ2v) is 7.18. The zero-order valence-electron chi connectivity index (χ0n) is 12.7. The minimum atomic E-state index is -1.62. The van der Waals surface area contributed by atoms with Gasteiger partial charge in [0.15, 0.2) is 0 Å². The van der Waals surface area contributed by atoms with E-state index >= 15 is 0 Å². The molecule has 2 rings (SSSR count). The van der Waals surface area contributed by atoms with Crippen molar-refractivity contribution in [3.05, 3.63) is 44.2 Å². The van der Waals surface area contributed by atoms with Crippen molar-refractivity contribution in [2.24, 2.45) is 5.92 Å². The van der Waals surface area contributed by atoms with E-state index in [1.807, 2.05) is 0 Å². The van der Waals surface area contributed by atoms with Crippen molar-refractivity contribution in [2.45, 2.75) is 12.5 Å². The van der Waals surface area contributed by atoms with Crippen LogP contribution in [0.5, 0.6) is 0 Å².